The molecule has 0 aliphatic rings. The van der Waals surface area contributed by atoms with Crippen molar-refractivity contribution in [3.8, 4) is 0 Å². The van der Waals surface area contributed by atoms with Crippen molar-refractivity contribution in [2.75, 3.05) is 33.7 Å². The number of nitrogens with two attached hydrogens (primary N) is 1. The van der Waals surface area contributed by atoms with Crippen molar-refractivity contribution in [1.82, 2.24) is 5.32 Å². The van der Waals surface area contributed by atoms with Crippen LogP contribution in [0, 0.1) is 10.1 Å². The second-order valence-electron chi connectivity index (χ2n) is 6.76. The van der Waals surface area contributed by atoms with Crippen LogP contribution in [-0.4, -0.2) is 43.2 Å². The molecular weight excluding hydrogens is 403 g/mol. The van der Waals surface area contributed by atoms with E-state index in [2.05, 4.69) is 15.5 Å². The molecule has 0 aliphatic heterocycles. The van der Waals surface area contributed by atoms with Crippen molar-refractivity contribution in [3.05, 3.63) is 63.2 Å². The minimum absolute atomic E-state index is 0. The number of nitrogens with zero attached hydrogens (tertiary/aromatic N) is 4. The van der Waals surface area contributed by atoms with E-state index in [0.29, 0.717) is 16.0 Å². The number of rotatable bonds is 9. The highest BCUT2D eigenvalue weighted by molar-refractivity contribution is 6.33. The molecule has 8 nitrogen and oxygen atoms in total. The maximum absolute atomic E-state index is 10.7. The first-order valence-corrected chi connectivity index (χ1v) is 8.89. The van der Waals surface area contributed by atoms with Gasteiger partial charge in [-0.3, -0.25) is 14.7 Å². The summed E-state index contributed by atoms with van der Waals surface area (Å²) in [7, 11) is 3.91. The van der Waals surface area contributed by atoms with Gasteiger partial charge in [0.05, 0.1) is 29.7 Å². The van der Waals surface area contributed by atoms with Crippen LogP contribution in [0.5, 0.6) is 0 Å². The number of benzene rings is 2. The average Bonchev–Trinajstić information content (AvgIpc) is 2.60. The molecule has 2 aromatic carbocycles. The van der Waals surface area contributed by atoms with Crippen LogP contribution in [0.4, 0.5) is 17.1 Å². The number of nitro groups is 1. The van der Waals surface area contributed by atoms with Crippen LogP contribution in [0.3, 0.4) is 0 Å². The number of nitrogens with one attached hydrogen (secondary N) is 1. The summed E-state index contributed by atoms with van der Waals surface area (Å²) in [5, 5.41) is 22.5. The predicted molar refractivity (Wildman–Crippen MR) is 106 cm³/mol. The second kappa shape index (κ2) is 11.0. The topological polar surface area (TPSA) is 106 Å². The van der Waals surface area contributed by atoms with E-state index >= 15 is 0 Å². The van der Waals surface area contributed by atoms with Gasteiger partial charge in [0.1, 0.15) is 12.2 Å². The standard InChI is InChI=1S/C18H24ClN6O2.ClH/c1-25(2,20)12-11-21-10-9-14-3-5-15(6-4-14)22-23-18-8-7-16(24(26)27)13-17(18)19;/h3-8,13,21H,9-12,20H2,1-2H3;1H/q+1;/p-1. The lowest BCUT2D eigenvalue weighted by Crippen LogP contribution is -3.00. The van der Waals surface area contributed by atoms with Gasteiger partial charge in [-0.15, -0.1) is 5.11 Å². The molecule has 0 heterocycles. The van der Waals surface area contributed by atoms with Crippen LogP contribution in [0.25, 0.3) is 0 Å². The smallest absolute Gasteiger partial charge is 0.271 e. The number of non-ortho nitro benzene ring substituents is 1. The molecule has 0 fully saturated rings. The molecule has 0 atom stereocenters. The molecule has 0 saturated heterocycles. The number of hydrogen-bond donors (Lipinski definition) is 2. The Labute approximate surface area is 175 Å². The van der Waals surface area contributed by atoms with Gasteiger partial charge in [0.25, 0.3) is 5.69 Å². The van der Waals surface area contributed by atoms with E-state index in [0.717, 1.165) is 26.1 Å². The summed E-state index contributed by atoms with van der Waals surface area (Å²) in [6, 6.07) is 11.8. The maximum Gasteiger partial charge on any atom is 0.271 e. The van der Waals surface area contributed by atoms with Gasteiger partial charge in [-0.2, -0.15) is 11.0 Å². The zero-order chi connectivity index (χ0) is 19.9. The van der Waals surface area contributed by atoms with Crippen LogP contribution in [0.2, 0.25) is 5.02 Å². The van der Waals surface area contributed by atoms with Crippen molar-refractivity contribution < 1.29 is 21.9 Å². The van der Waals surface area contributed by atoms with Crippen LogP contribution in [0.15, 0.2) is 52.7 Å². The Morgan fingerprint density at radius 2 is 1.82 bits per heavy atom. The number of likely N-dealkylation sites (N-methyl/N-ethyl adjacent to an activating group) is 1. The van der Waals surface area contributed by atoms with Gasteiger partial charge in [0.2, 0.25) is 0 Å². The Kier molecular flexibility index (Phi) is 9.44. The van der Waals surface area contributed by atoms with Gasteiger partial charge in [-0.25, -0.2) is 0 Å². The zero-order valence-electron chi connectivity index (χ0n) is 15.8. The highest BCUT2D eigenvalue weighted by Crippen LogP contribution is 2.30. The van der Waals surface area contributed by atoms with Gasteiger partial charge in [0, 0.05) is 18.7 Å². The number of hydrogen-bond acceptors (Lipinski definition) is 6. The Morgan fingerprint density at radius 3 is 2.39 bits per heavy atom. The van der Waals surface area contributed by atoms with Crippen LogP contribution in [0.1, 0.15) is 5.56 Å². The number of azo groups is 1. The van der Waals surface area contributed by atoms with Crippen molar-refractivity contribution in [1.29, 1.82) is 0 Å². The monoisotopic (exact) mass is 426 g/mol. The Balaban J connectivity index is 0.00000392. The molecule has 0 aromatic heterocycles. The maximum atomic E-state index is 10.7. The van der Waals surface area contributed by atoms with Gasteiger partial charge < -0.3 is 17.7 Å². The van der Waals surface area contributed by atoms with Gasteiger partial charge in [-0.05, 0) is 36.7 Å². The minimum atomic E-state index is -0.504. The molecule has 0 bridgehead atoms. The molecule has 2 rings (SSSR count). The molecular formula is C18H24Cl2N6O2. The second-order valence-corrected chi connectivity index (χ2v) is 7.17. The summed E-state index contributed by atoms with van der Waals surface area (Å²) < 4.78 is 0.450. The fraction of sp³-hybridized carbons (Fsp3) is 0.333. The Hall–Kier alpha value is -2.10. The minimum Gasteiger partial charge on any atom is -1.00 e. The van der Waals surface area contributed by atoms with Crippen molar-refractivity contribution in [2.24, 2.45) is 16.1 Å². The van der Waals surface area contributed by atoms with E-state index in [1.165, 1.54) is 23.8 Å². The number of nitro benzene ring substituents is 1. The molecule has 3 N–H and O–H groups in total. The van der Waals surface area contributed by atoms with Crippen molar-refractivity contribution >= 4 is 28.7 Å². The highest BCUT2D eigenvalue weighted by Gasteiger charge is 2.09. The number of halogens is 2. The molecule has 152 valence electrons. The predicted octanol–water partition coefficient (Wildman–Crippen LogP) is 0.750. The van der Waals surface area contributed by atoms with Gasteiger partial charge in [0.15, 0.2) is 0 Å². The quantitative estimate of drug-likeness (QED) is 0.154. The summed E-state index contributed by atoms with van der Waals surface area (Å²) in [6.45, 7) is 2.61. The molecule has 0 amide bonds. The van der Waals surface area contributed by atoms with Crippen molar-refractivity contribution in [3.63, 3.8) is 0 Å². The fourth-order valence-electron chi connectivity index (χ4n) is 2.26. The first-order valence-electron chi connectivity index (χ1n) is 8.51. The molecule has 2 aromatic rings. The first-order chi connectivity index (χ1) is 12.7. The lowest BCUT2D eigenvalue weighted by molar-refractivity contribution is -0.901. The average molecular weight is 427 g/mol. The Morgan fingerprint density at radius 1 is 1.14 bits per heavy atom. The summed E-state index contributed by atoms with van der Waals surface area (Å²) in [6.07, 6.45) is 0.906. The molecule has 28 heavy (non-hydrogen) atoms. The number of quaternary nitrogens is 1. The van der Waals surface area contributed by atoms with Gasteiger partial charge >= 0.3 is 0 Å². The summed E-state index contributed by atoms with van der Waals surface area (Å²) in [5.41, 5.74) is 2.18. The highest BCUT2D eigenvalue weighted by atomic mass is 35.5. The third-order valence-corrected chi connectivity index (χ3v) is 4.11. The SMILES string of the molecule is C[N+](C)(N)CCNCCc1ccc(N=Nc2ccc([N+](=O)[O-])cc2Cl)cc1.[Cl-]. The van der Waals surface area contributed by atoms with E-state index in [-0.39, 0.29) is 23.1 Å². The van der Waals surface area contributed by atoms with E-state index < -0.39 is 4.92 Å². The van der Waals surface area contributed by atoms with Crippen LogP contribution < -0.4 is 23.6 Å². The van der Waals surface area contributed by atoms with E-state index in [1.807, 2.05) is 38.4 Å². The molecule has 0 spiro atoms. The fourth-order valence-corrected chi connectivity index (χ4v) is 2.47. The van der Waals surface area contributed by atoms with Crippen LogP contribution >= 0.6 is 11.6 Å². The molecule has 0 saturated carbocycles. The normalized spacial score (nSPS) is 11.4. The van der Waals surface area contributed by atoms with Crippen molar-refractivity contribution in [2.45, 2.75) is 6.42 Å². The summed E-state index contributed by atoms with van der Waals surface area (Å²) in [5.74, 6) is 5.89. The third kappa shape index (κ3) is 8.28. The molecule has 0 radical (unpaired) electrons. The molecule has 0 aliphatic carbocycles. The lowest BCUT2D eigenvalue weighted by atomic mass is 10.1. The largest absolute Gasteiger partial charge is 1.00 e. The summed E-state index contributed by atoms with van der Waals surface area (Å²) >= 11 is 6.00. The molecule has 10 heteroatoms. The molecule has 0 unspecified atom stereocenters. The van der Waals surface area contributed by atoms with Crippen LogP contribution in [-0.2, 0) is 6.42 Å². The zero-order valence-corrected chi connectivity index (χ0v) is 17.3. The summed E-state index contributed by atoms with van der Waals surface area (Å²) in [4.78, 5) is 10.2. The third-order valence-electron chi connectivity index (χ3n) is 3.81. The van der Waals surface area contributed by atoms with E-state index in [1.54, 1.807) is 0 Å². The van der Waals surface area contributed by atoms with Gasteiger partial charge in [-0.1, -0.05) is 23.7 Å². The lowest BCUT2D eigenvalue weighted by Gasteiger charge is -2.22. The Bertz CT molecular complexity index is 807. The first kappa shape index (κ1) is 23.9. The van der Waals surface area contributed by atoms with E-state index in [4.69, 9.17) is 17.4 Å². The van der Waals surface area contributed by atoms with E-state index in [9.17, 15) is 10.1 Å².